The number of hydrogen-bond acceptors (Lipinski definition) is 3. The summed E-state index contributed by atoms with van der Waals surface area (Å²) in [6.07, 6.45) is 1.76. The summed E-state index contributed by atoms with van der Waals surface area (Å²) in [4.78, 5) is 0. The quantitative estimate of drug-likeness (QED) is 0.317. The highest BCUT2D eigenvalue weighted by Crippen LogP contribution is 2.20. The van der Waals surface area contributed by atoms with Crippen LogP contribution in [0, 0.1) is 0 Å². The molecular formula is C4H7BrIN3. The molecule has 0 aromatic carbocycles. The molecule has 1 aliphatic heterocycles. The van der Waals surface area contributed by atoms with E-state index in [0.29, 0.717) is 4.17 Å². The first kappa shape index (κ1) is 7.59. The number of hydrazone groups is 1. The topological polar surface area (TPSA) is 18.8 Å². The van der Waals surface area contributed by atoms with Crippen LogP contribution in [0.5, 0.6) is 0 Å². The summed E-state index contributed by atoms with van der Waals surface area (Å²) < 4.78 is 2.21. The number of nitrogens with zero attached hydrogens (tertiary/aromatic N) is 3. The van der Waals surface area contributed by atoms with E-state index < -0.39 is 0 Å². The third kappa shape index (κ3) is 1.49. The van der Waals surface area contributed by atoms with Gasteiger partial charge in [0.1, 0.15) is 6.34 Å². The average molecular weight is 304 g/mol. The van der Waals surface area contributed by atoms with Gasteiger partial charge in [-0.15, -0.1) is 0 Å². The van der Waals surface area contributed by atoms with E-state index in [4.69, 9.17) is 0 Å². The van der Waals surface area contributed by atoms with Crippen LogP contribution in [0.1, 0.15) is 6.92 Å². The molecule has 0 spiro atoms. The van der Waals surface area contributed by atoms with Crippen molar-refractivity contribution in [3.63, 3.8) is 0 Å². The van der Waals surface area contributed by atoms with Gasteiger partial charge in [-0.2, -0.15) is 5.10 Å². The molecule has 0 radical (unpaired) electrons. The van der Waals surface area contributed by atoms with E-state index in [1.54, 1.807) is 6.34 Å². The van der Waals surface area contributed by atoms with Crippen molar-refractivity contribution in [3.05, 3.63) is 0 Å². The summed E-state index contributed by atoms with van der Waals surface area (Å²) in [5.74, 6) is 0. The summed E-state index contributed by atoms with van der Waals surface area (Å²) in [6, 6.07) is 0. The Kier molecular flexibility index (Phi) is 2.57. The van der Waals surface area contributed by atoms with Crippen molar-refractivity contribution in [1.29, 1.82) is 0 Å². The van der Waals surface area contributed by atoms with Gasteiger partial charge in [0.2, 0.25) is 0 Å². The van der Waals surface area contributed by atoms with Crippen molar-refractivity contribution in [2.75, 3.05) is 6.54 Å². The first-order valence-corrected chi connectivity index (χ1v) is 4.60. The van der Waals surface area contributed by atoms with Crippen LogP contribution in [0.2, 0.25) is 0 Å². The van der Waals surface area contributed by atoms with E-state index in [2.05, 4.69) is 50.8 Å². The molecule has 0 N–H and O–H groups in total. The van der Waals surface area contributed by atoms with Crippen molar-refractivity contribution >= 4 is 45.1 Å². The number of alkyl halides is 1. The van der Waals surface area contributed by atoms with Crippen LogP contribution >= 0.6 is 38.7 Å². The van der Waals surface area contributed by atoms with Crippen LogP contribution in [0.25, 0.3) is 0 Å². The highest BCUT2D eigenvalue weighted by atomic mass is 127. The third-order valence-electron chi connectivity index (χ3n) is 1.08. The van der Waals surface area contributed by atoms with Crippen LogP contribution < -0.4 is 0 Å². The van der Waals surface area contributed by atoms with E-state index in [1.807, 2.05) is 8.93 Å². The molecule has 0 amide bonds. The predicted molar refractivity (Wildman–Crippen MR) is 49.4 cm³/mol. The minimum atomic E-state index is 0.326. The Morgan fingerprint density at radius 2 is 2.56 bits per heavy atom. The lowest BCUT2D eigenvalue weighted by molar-refractivity contribution is 0.283. The Morgan fingerprint density at radius 3 is 2.78 bits per heavy atom. The Hall–Kier alpha value is 0.480. The maximum absolute atomic E-state index is 4.10. The Balaban J connectivity index is 2.51. The van der Waals surface area contributed by atoms with Gasteiger partial charge in [0.15, 0.2) is 4.17 Å². The van der Waals surface area contributed by atoms with Gasteiger partial charge in [-0.1, -0.05) is 0 Å². The largest absolute Gasteiger partial charge is 0.265 e. The first-order valence-electron chi connectivity index (χ1n) is 2.64. The van der Waals surface area contributed by atoms with Crippen LogP contribution in [0.15, 0.2) is 5.10 Å². The van der Waals surface area contributed by atoms with Crippen molar-refractivity contribution in [3.8, 4) is 0 Å². The first-order chi connectivity index (χ1) is 4.25. The fraction of sp³-hybridized carbons (Fsp3) is 0.750. The monoisotopic (exact) mass is 303 g/mol. The number of rotatable bonds is 1. The van der Waals surface area contributed by atoms with E-state index in [0.717, 1.165) is 6.54 Å². The molecular weight excluding hydrogens is 297 g/mol. The lowest BCUT2D eigenvalue weighted by atomic mass is 10.7. The Labute approximate surface area is 76.6 Å². The zero-order valence-corrected chi connectivity index (χ0v) is 8.70. The molecule has 1 rings (SSSR count). The fourth-order valence-electron chi connectivity index (χ4n) is 0.585. The molecule has 0 aromatic heterocycles. The van der Waals surface area contributed by atoms with Gasteiger partial charge in [-0.25, -0.2) is 0 Å². The second-order valence-corrected chi connectivity index (χ2v) is 3.57. The summed E-state index contributed by atoms with van der Waals surface area (Å²) in [5.41, 5.74) is 0. The second-order valence-electron chi connectivity index (χ2n) is 1.64. The molecule has 1 heterocycles. The summed E-state index contributed by atoms with van der Waals surface area (Å²) in [6.45, 7) is 3.03. The van der Waals surface area contributed by atoms with Crippen LogP contribution in [0.3, 0.4) is 0 Å². The van der Waals surface area contributed by atoms with Gasteiger partial charge in [-0.05, 0) is 29.5 Å². The normalized spacial score (nSPS) is 25.9. The molecule has 0 aliphatic carbocycles. The predicted octanol–water partition coefficient (Wildman–Crippen LogP) is 1.60. The van der Waals surface area contributed by atoms with Gasteiger partial charge in [0, 0.05) is 6.54 Å². The van der Waals surface area contributed by atoms with Gasteiger partial charge in [0.25, 0.3) is 0 Å². The molecule has 0 aromatic rings. The maximum atomic E-state index is 4.10. The molecule has 0 bridgehead atoms. The molecule has 0 saturated carbocycles. The summed E-state index contributed by atoms with van der Waals surface area (Å²) in [5, 5.41) is 6.08. The van der Waals surface area contributed by atoms with Gasteiger partial charge in [0.05, 0.1) is 16.1 Å². The van der Waals surface area contributed by atoms with E-state index in [-0.39, 0.29) is 0 Å². The van der Waals surface area contributed by atoms with Crippen molar-refractivity contribution in [1.82, 2.24) is 8.93 Å². The lowest BCUT2D eigenvalue weighted by Gasteiger charge is -2.18. The zero-order chi connectivity index (χ0) is 6.85. The van der Waals surface area contributed by atoms with Crippen molar-refractivity contribution < 1.29 is 0 Å². The maximum Gasteiger partial charge on any atom is 0.181 e. The highest BCUT2D eigenvalue weighted by Gasteiger charge is 2.20. The Bertz CT molecular complexity index is 129. The van der Waals surface area contributed by atoms with E-state index >= 15 is 0 Å². The summed E-state index contributed by atoms with van der Waals surface area (Å²) in [7, 11) is 0. The fourth-order valence-corrected chi connectivity index (χ4v) is 1.56. The molecule has 1 unspecified atom stereocenters. The molecule has 9 heavy (non-hydrogen) atoms. The van der Waals surface area contributed by atoms with Gasteiger partial charge in [-0.3, -0.25) is 8.93 Å². The standard InChI is InChI=1S/C4H7BrIN3/c1-2-9-4(6)8(5)3-7-9/h3-4H,2H2,1H3. The molecule has 0 saturated heterocycles. The van der Waals surface area contributed by atoms with Crippen molar-refractivity contribution in [2.24, 2.45) is 5.10 Å². The minimum Gasteiger partial charge on any atom is -0.265 e. The molecule has 3 nitrogen and oxygen atoms in total. The number of hydrogen-bond donors (Lipinski definition) is 0. The SMILES string of the molecule is CCN1N=CN(Br)C1I. The van der Waals surface area contributed by atoms with Crippen LogP contribution in [-0.2, 0) is 0 Å². The van der Waals surface area contributed by atoms with E-state index in [9.17, 15) is 0 Å². The highest BCUT2D eigenvalue weighted by molar-refractivity contribution is 14.1. The molecule has 0 fully saturated rings. The van der Waals surface area contributed by atoms with Crippen LogP contribution in [-0.4, -0.2) is 26.0 Å². The average Bonchev–Trinajstić information content (AvgIpc) is 2.15. The molecule has 1 atom stereocenters. The smallest absolute Gasteiger partial charge is 0.181 e. The van der Waals surface area contributed by atoms with Crippen molar-refractivity contribution in [2.45, 2.75) is 11.1 Å². The zero-order valence-electron chi connectivity index (χ0n) is 4.96. The number of halogens is 2. The van der Waals surface area contributed by atoms with Gasteiger partial charge < -0.3 is 0 Å². The second kappa shape index (κ2) is 3.05. The Morgan fingerprint density at radius 1 is 1.89 bits per heavy atom. The molecule has 1 aliphatic rings. The van der Waals surface area contributed by atoms with Crippen LogP contribution in [0.4, 0.5) is 0 Å². The third-order valence-corrected chi connectivity index (χ3v) is 3.66. The minimum absolute atomic E-state index is 0.326. The molecule has 5 heteroatoms. The molecule has 52 valence electrons. The van der Waals surface area contributed by atoms with E-state index in [1.165, 1.54) is 0 Å². The lowest BCUT2D eigenvalue weighted by Crippen LogP contribution is -2.27. The summed E-state index contributed by atoms with van der Waals surface area (Å²) >= 11 is 5.62. The van der Waals surface area contributed by atoms with Gasteiger partial charge >= 0.3 is 0 Å².